The molecule has 2 aliphatic heterocycles. The fourth-order valence-corrected chi connectivity index (χ4v) is 4.17. The zero-order chi connectivity index (χ0) is 20.4. The molecule has 6 heteroatoms. The number of hydrogen-bond donors (Lipinski definition) is 0. The van der Waals surface area contributed by atoms with Crippen LogP contribution in [0.5, 0.6) is 0 Å². The number of carbonyl (C=O) groups excluding carboxylic acids is 2. The molecule has 0 N–H and O–H groups in total. The van der Waals surface area contributed by atoms with E-state index in [4.69, 9.17) is 0 Å². The largest absolute Gasteiger partial charge is 0.366 e. The van der Waals surface area contributed by atoms with E-state index in [-0.39, 0.29) is 30.0 Å². The summed E-state index contributed by atoms with van der Waals surface area (Å²) in [6.07, 6.45) is 1.20. The average Bonchev–Trinajstić information content (AvgIpc) is 3.15. The second kappa shape index (κ2) is 8.23. The number of para-hydroxylation sites is 1. The Labute approximate surface area is 170 Å². The summed E-state index contributed by atoms with van der Waals surface area (Å²) in [7, 11) is 0. The van der Waals surface area contributed by atoms with Gasteiger partial charge in [-0.3, -0.25) is 9.59 Å². The summed E-state index contributed by atoms with van der Waals surface area (Å²) in [6.45, 7) is 4.80. The van der Waals surface area contributed by atoms with Gasteiger partial charge in [0, 0.05) is 44.8 Å². The summed E-state index contributed by atoms with van der Waals surface area (Å²) in [5, 5.41) is 0. The van der Waals surface area contributed by atoms with Gasteiger partial charge in [0.1, 0.15) is 5.82 Å². The topological polar surface area (TPSA) is 43.9 Å². The van der Waals surface area contributed by atoms with Crippen molar-refractivity contribution in [2.24, 2.45) is 5.92 Å². The maximum Gasteiger partial charge on any atom is 0.228 e. The first-order valence-electron chi connectivity index (χ1n) is 10.2. The highest BCUT2D eigenvalue weighted by Crippen LogP contribution is 2.28. The Morgan fingerprint density at radius 2 is 1.72 bits per heavy atom. The van der Waals surface area contributed by atoms with Crippen LogP contribution in [0.2, 0.25) is 0 Å². The highest BCUT2D eigenvalue weighted by molar-refractivity contribution is 6.00. The van der Waals surface area contributed by atoms with Crippen molar-refractivity contribution in [2.75, 3.05) is 42.5 Å². The van der Waals surface area contributed by atoms with Gasteiger partial charge >= 0.3 is 0 Å². The van der Waals surface area contributed by atoms with E-state index in [1.807, 2.05) is 40.1 Å². The van der Waals surface area contributed by atoms with Gasteiger partial charge in [0.05, 0.1) is 11.6 Å². The minimum atomic E-state index is -0.312. The van der Waals surface area contributed by atoms with Crippen molar-refractivity contribution in [3.63, 3.8) is 0 Å². The molecule has 2 aliphatic rings. The van der Waals surface area contributed by atoms with Gasteiger partial charge in [-0.2, -0.15) is 0 Å². The van der Waals surface area contributed by atoms with Crippen molar-refractivity contribution in [3.05, 3.63) is 59.9 Å². The Kier molecular flexibility index (Phi) is 5.51. The molecule has 2 fully saturated rings. The Morgan fingerprint density at radius 1 is 1.03 bits per heavy atom. The van der Waals surface area contributed by atoms with Gasteiger partial charge in [-0.15, -0.1) is 0 Å². The molecule has 0 spiro atoms. The monoisotopic (exact) mass is 395 g/mol. The Balaban J connectivity index is 1.37. The van der Waals surface area contributed by atoms with Crippen LogP contribution in [0.3, 0.4) is 0 Å². The van der Waals surface area contributed by atoms with Crippen molar-refractivity contribution < 1.29 is 14.0 Å². The normalized spacial score (nSPS) is 19.7. The lowest BCUT2D eigenvalue weighted by molar-refractivity contribution is -0.136. The maximum atomic E-state index is 14.0. The molecule has 0 radical (unpaired) electrons. The summed E-state index contributed by atoms with van der Waals surface area (Å²) in [4.78, 5) is 31.0. The fourth-order valence-electron chi connectivity index (χ4n) is 4.17. The minimum absolute atomic E-state index is 0.00223. The molecule has 0 unspecified atom stereocenters. The first-order chi connectivity index (χ1) is 14.1. The smallest absolute Gasteiger partial charge is 0.228 e. The predicted molar refractivity (Wildman–Crippen MR) is 111 cm³/mol. The number of aryl methyl sites for hydroxylation is 1. The van der Waals surface area contributed by atoms with Crippen molar-refractivity contribution in [1.82, 2.24) is 4.90 Å². The summed E-state index contributed by atoms with van der Waals surface area (Å²) in [5.41, 5.74) is 2.66. The van der Waals surface area contributed by atoms with E-state index in [0.717, 1.165) is 12.1 Å². The van der Waals surface area contributed by atoms with Gasteiger partial charge in [0.2, 0.25) is 11.8 Å². The molecule has 4 rings (SSSR count). The van der Waals surface area contributed by atoms with Crippen LogP contribution < -0.4 is 9.80 Å². The zero-order valence-corrected chi connectivity index (χ0v) is 16.7. The highest BCUT2D eigenvalue weighted by atomic mass is 19.1. The number of nitrogens with zero attached hydrogens (tertiary/aromatic N) is 3. The van der Waals surface area contributed by atoms with E-state index in [1.165, 1.54) is 11.6 Å². The molecule has 2 saturated heterocycles. The molecule has 2 aromatic rings. The minimum Gasteiger partial charge on any atom is -0.366 e. The zero-order valence-electron chi connectivity index (χ0n) is 16.7. The third-order valence-corrected chi connectivity index (χ3v) is 5.92. The SMILES string of the molecule is CCc1ccc(N2C[C@@H](C(=O)N3CCN(c4ccccc4F)CC3)CC2=O)cc1. The lowest BCUT2D eigenvalue weighted by Gasteiger charge is -2.37. The molecule has 0 saturated carbocycles. The number of rotatable bonds is 4. The lowest BCUT2D eigenvalue weighted by atomic mass is 10.1. The second-order valence-electron chi connectivity index (χ2n) is 7.69. The van der Waals surface area contributed by atoms with E-state index in [1.54, 1.807) is 17.0 Å². The Hall–Kier alpha value is -2.89. The third-order valence-electron chi connectivity index (χ3n) is 5.92. The molecular weight excluding hydrogens is 369 g/mol. The maximum absolute atomic E-state index is 14.0. The molecular formula is C23H26FN3O2. The third kappa shape index (κ3) is 3.97. The first-order valence-corrected chi connectivity index (χ1v) is 10.2. The van der Waals surface area contributed by atoms with Crippen molar-refractivity contribution in [2.45, 2.75) is 19.8 Å². The standard InChI is InChI=1S/C23H26FN3O2/c1-2-17-7-9-19(10-8-17)27-16-18(15-22(27)28)23(29)26-13-11-25(12-14-26)21-6-4-3-5-20(21)24/h3-10,18H,2,11-16H2,1H3/t18-/m0/s1. The predicted octanol–water partition coefficient (Wildman–Crippen LogP) is 3.09. The highest BCUT2D eigenvalue weighted by Gasteiger charge is 2.38. The van der Waals surface area contributed by atoms with Crippen molar-refractivity contribution >= 4 is 23.2 Å². The number of anilines is 2. The van der Waals surface area contributed by atoms with E-state index in [9.17, 15) is 14.0 Å². The van der Waals surface area contributed by atoms with E-state index in [2.05, 4.69) is 6.92 Å². The molecule has 0 aromatic heterocycles. The van der Waals surface area contributed by atoms with E-state index >= 15 is 0 Å². The van der Waals surface area contributed by atoms with Crippen LogP contribution in [0.25, 0.3) is 0 Å². The molecule has 1 atom stereocenters. The quantitative estimate of drug-likeness (QED) is 0.799. The molecule has 5 nitrogen and oxygen atoms in total. The van der Waals surface area contributed by atoms with Gasteiger partial charge < -0.3 is 14.7 Å². The van der Waals surface area contributed by atoms with Crippen molar-refractivity contribution in [3.8, 4) is 0 Å². The number of amides is 2. The van der Waals surface area contributed by atoms with Gasteiger partial charge in [-0.05, 0) is 36.2 Å². The van der Waals surface area contributed by atoms with Crippen LogP contribution >= 0.6 is 0 Å². The van der Waals surface area contributed by atoms with Gasteiger partial charge in [-0.1, -0.05) is 31.2 Å². The van der Waals surface area contributed by atoms with Crippen LogP contribution in [0, 0.1) is 11.7 Å². The molecule has 29 heavy (non-hydrogen) atoms. The van der Waals surface area contributed by atoms with E-state index in [0.29, 0.717) is 38.4 Å². The number of hydrogen-bond acceptors (Lipinski definition) is 3. The fraction of sp³-hybridized carbons (Fsp3) is 0.391. The Morgan fingerprint density at radius 3 is 2.38 bits per heavy atom. The number of piperazine rings is 1. The van der Waals surface area contributed by atoms with Gasteiger partial charge in [0.25, 0.3) is 0 Å². The van der Waals surface area contributed by atoms with E-state index < -0.39 is 0 Å². The second-order valence-corrected chi connectivity index (χ2v) is 7.69. The lowest BCUT2D eigenvalue weighted by Crippen LogP contribution is -2.51. The summed E-state index contributed by atoms with van der Waals surface area (Å²) < 4.78 is 14.0. The molecule has 2 heterocycles. The van der Waals surface area contributed by atoms with Crippen LogP contribution in [0.1, 0.15) is 18.9 Å². The molecule has 0 bridgehead atoms. The summed E-state index contributed by atoms with van der Waals surface area (Å²) >= 11 is 0. The molecule has 2 aromatic carbocycles. The first kappa shape index (κ1) is 19.4. The van der Waals surface area contributed by atoms with Crippen LogP contribution in [0.15, 0.2) is 48.5 Å². The van der Waals surface area contributed by atoms with Crippen LogP contribution in [0.4, 0.5) is 15.8 Å². The van der Waals surface area contributed by atoms with Gasteiger partial charge in [0.15, 0.2) is 0 Å². The van der Waals surface area contributed by atoms with Gasteiger partial charge in [-0.25, -0.2) is 4.39 Å². The van der Waals surface area contributed by atoms with Crippen molar-refractivity contribution in [1.29, 1.82) is 0 Å². The number of carbonyl (C=O) groups is 2. The van der Waals surface area contributed by atoms with Crippen LogP contribution in [-0.2, 0) is 16.0 Å². The number of halogens is 1. The molecule has 152 valence electrons. The number of benzene rings is 2. The summed E-state index contributed by atoms with van der Waals surface area (Å²) in [6, 6.07) is 14.7. The summed E-state index contributed by atoms with van der Waals surface area (Å²) in [5.74, 6) is -0.524. The van der Waals surface area contributed by atoms with Crippen LogP contribution in [-0.4, -0.2) is 49.4 Å². The molecule has 2 amide bonds. The Bertz CT molecular complexity index is 891. The molecule has 0 aliphatic carbocycles. The average molecular weight is 395 g/mol.